The molecule has 0 saturated carbocycles. The van der Waals surface area contributed by atoms with Crippen molar-refractivity contribution in [3.63, 3.8) is 0 Å². The number of nitrogens with zero attached hydrogens (tertiary/aromatic N) is 3. The zero-order chi connectivity index (χ0) is 16.8. The van der Waals surface area contributed by atoms with Crippen LogP contribution in [0, 0.1) is 11.3 Å². The van der Waals surface area contributed by atoms with Crippen LogP contribution in [0.1, 0.15) is 11.5 Å². The van der Waals surface area contributed by atoms with Gasteiger partial charge in [0.1, 0.15) is 11.8 Å². The molecule has 23 heavy (non-hydrogen) atoms. The minimum absolute atomic E-state index is 0.110. The summed E-state index contributed by atoms with van der Waals surface area (Å²) in [4.78, 5) is 17.8. The summed E-state index contributed by atoms with van der Waals surface area (Å²) in [6, 6.07) is 8.83. The highest BCUT2D eigenvalue weighted by atomic mass is 16.5. The van der Waals surface area contributed by atoms with Crippen molar-refractivity contribution in [3.8, 4) is 11.8 Å². The minimum Gasteiger partial charge on any atom is -0.497 e. The van der Waals surface area contributed by atoms with Gasteiger partial charge in [0.15, 0.2) is 11.4 Å². The van der Waals surface area contributed by atoms with Gasteiger partial charge >= 0.3 is 5.63 Å². The first-order valence-electron chi connectivity index (χ1n) is 6.74. The van der Waals surface area contributed by atoms with Gasteiger partial charge in [-0.2, -0.15) is 10.2 Å². The number of hydrogen-bond donors (Lipinski definition) is 1. The van der Waals surface area contributed by atoms with Gasteiger partial charge < -0.3 is 19.4 Å². The van der Waals surface area contributed by atoms with Crippen LogP contribution in [-0.4, -0.2) is 31.1 Å². The number of hydrogen-bond acceptors (Lipinski definition) is 7. The van der Waals surface area contributed by atoms with E-state index in [0.29, 0.717) is 11.4 Å². The Morgan fingerprint density at radius 3 is 2.61 bits per heavy atom. The molecule has 0 aliphatic rings. The fourth-order valence-corrected chi connectivity index (χ4v) is 1.72. The summed E-state index contributed by atoms with van der Waals surface area (Å²) in [7, 11) is 5.23. The number of nitrogens with one attached hydrogen (secondary N) is 1. The molecule has 1 heterocycles. The zero-order valence-corrected chi connectivity index (χ0v) is 13.0. The molecule has 0 radical (unpaired) electrons. The summed E-state index contributed by atoms with van der Waals surface area (Å²) in [6.45, 7) is 0. The van der Waals surface area contributed by atoms with Crippen molar-refractivity contribution >= 4 is 17.6 Å². The van der Waals surface area contributed by atoms with Crippen LogP contribution in [-0.2, 0) is 0 Å². The number of nitriles is 1. The van der Waals surface area contributed by atoms with Gasteiger partial charge in [-0.25, -0.2) is 4.79 Å². The standard InChI is InChI=1S/C16H16N4O3/c1-20(2)9-8-14-19-15(13(10-17)16(21)23-14)18-11-4-6-12(22-3)7-5-11/h4-9,18H,1-3H3/b9-8+. The van der Waals surface area contributed by atoms with Crippen molar-refractivity contribution in [2.45, 2.75) is 0 Å². The summed E-state index contributed by atoms with van der Waals surface area (Å²) in [5.74, 6) is 0.956. The molecule has 0 aliphatic heterocycles. The molecular weight excluding hydrogens is 296 g/mol. The highest BCUT2D eigenvalue weighted by Gasteiger charge is 2.12. The van der Waals surface area contributed by atoms with E-state index in [1.165, 1.54) is 0 Å². The van der Waals surface area contributed by atoms with Crippen LogP contribution in [0.4, 0.5) is 11.5 Å². The number of aromatic nitrogens is 1. The van der Waals surface area contributed by atoms with Gasteiger partial charge in [0, 0.05) is 32.1 Å². The lowest BCUT2D eigenvalue weighted by Gasteiger charge is -2.08. The number of ether oxygens (including phenoxy) is 1. The van der Waals surface area contributed by atoms with E-state index in [1.807, 2.05) is 20.2 Å². The lowest BCUT2D eigenvalue weighted by molar-refractivity contribution is 0.415. The van der Waals surface area contributed by atoms with Gasteiger partial charge in [0.05, 0.1) is 7.11 Å². The maximum absolute atomic E-state index is 11.9. The maximum atomic E-state index is 11.9. The minimum atomic E-state index is -0.739. The Bertz CT molecular complexity index is 802. The number of anilines is 2. The van der Waals surface area contributed by atoms with E-state index in [2.05, 4.69) is 10.3 Å². The molecule has 0 saturated heterocycles. The third kappa shape index (κ3) is 4.11. The van der Waals surface area contributed by atoms with E-state index in [4.69, 9.17) is 14.4 Å². The fourth-order valence-electron chi connectivity index (χ4n) is 1.72. The molecular formula is C16H16N4O3. The SMILES string of the molecule is COc1ccc(Nc2nc(/C=C/N(C)C)oc(=O)c2C#N)cc1. The van der Waals surface area contributed by atoms with Crippen LogP contribution in [0.2, 0.25) is 0 Å². The predicted molar refractivity (Wildman–Crippen MR) is 86.5 cm³/mol. The third-order valence-corrected chi connectivity index (χ3v) is 2.84. The number of methoxy groups -OCH3 is 1. The third-order valence-electron chi connectivity index (χ3n) is 2.84. The van der Waals surface area contributed by atoms with Crippen LogP contribution >= 0.6 is 0 Å². The normalized spacial score (nSPS) is 10.3. The Morgan fingerprint density at radius 2 is 2.04 bits per heavy atom. The monoisotopic (exact) mass is 312 g/mol. The van der Waals surface area contributed by atoms with Crippen LogP contribution in [0.3, 0.4) is 0 Å². The second kappa shape index (κ2) is 7.13. The van der Waals surface area contributed by atoms with Crippen molar-refractivity contribution < 1.29 is 9.15 Å². The molecule has 118 valence electrons. The van der Waals surface area contributed by atoms with Gasteiger partial charge in [-0.1, -0.05) is 0 Å². The van der Waals surface area contributed by atoms with Gasteiger partial charge in [-0.3, -0.25) is 0 Å². The maximum Gasteiger partial charge on any atom is 0.359 e. The summed E-state index contributed by atoms with van der Waals surface area (Å²) >= 11 is 0. The predicted octanol–water partition coefficient (Wildman–Crippen LogP) is 2.19. The molecule has 0 amide bonds. The molecule has 2 aromatic rings. The van der Waals surface area contributed by atoms with Crippen molar-refractivity contribution in [2.24, 2.45) is 0 Å². The number of benzene rings is 1. The highest BCUT2D eigenvalue weighted by Crippen LogP contribution is 2.20. The van der Waals surface area contributed by atoms with Gasteiger partial charge in [0.25, 0.3) is 0 Å². The Kier molecular flexibility index (Phi) is 5.00. The van der Waals surface area contributed by atoms with Crippen molar-refractivity contribution in [1.82, 2.24) is 9.88 Å². The first kappa shape index (κ1) is 16.1. The van der Waals surface area contributed by atoms with Gasteiger partial charge in [-0.05, 0) is 24.3 Å². The fraction of sp³-hybridized carbons (Fsp3) is 0.188. The van der Waals surface area contributed by atoms with Gasteiger partial charge in [-0.15, -0.1) is 0 Å². The summed E-state index contributed by atoms with van der Waals surface area (Å²) in [5, 5.41) is 12.1. The lowest BCUT2D eigenvalue weighted by atomic mass is 10.2. The Hall–Kier alpha value is -3.27. The first-order chi connectivity index (χ1) is 11.0. The van der Waals surface area contributed by atoms with Gasteiger partial charge in [0.2, 0.25) is 5.89 Å². The highest BCUT2D eigenvalue weighted by molar-refractivity contribution is 5.63. The average Bonchev–Trinajstić information content (AvgIpc) is 2.53. The Morgan fingerprint density at radius 1 is 1.35 bits per heavy atom. The molecule has 0 bridgehead atoms. The van der Waals surface area contributed by atoms with E-state index in [9.17, 15) is 4.79 Å². The second-order valence-electron chi connectivity index (χ2n) is 4.81. The Labute approximate surface area is 133 Å². The molecule has 0 fully saturated rings. The van der Waals surface area contributed by atoms with Crippen LogP contribution in [0.5, 0.6) is 5.75 Å². The molecule has 7 nitrogen and oxygen atoms in total. The molecule has 0 aliphatic carbocycles. The van der Waals surface area contributed by atoms with E-state index in [-0.39, 0.29) is 17.3 Å². The zero-order valence-electron chi connectivity index (χ0n) is 13.0. The van der Waals surface area contributed by atoms with Crippen molar-refractivity contribution in [2.75, 3.05) is 26.5 Å². The lowest BCUT2D eigenvalue weighted by Crippen LogP contribution is -2.11. The van der Waals surface area contributed by atoms with E-state index >= 15 is 0 Å². The molecule has 0 unspecified atom stereocenters. The quantitative estimate of drug-likeness (QED) is 0.904. The van der Waals surface area contributed by atoms with E-state index in [0.717, 1.165) is 0 Å². The molecule has 1 aromatic heterocycles. The molecule has 7 heteroatoms. The molecule has 0 spiro atoms. The summed E-state index contributed by atoms with van der Waals surface area (Å²) in [5.41, 5.74) is -0.248. The topological polar surface area (TPSA) is 91.4 Å². The summed E-state index contributed by atoms with van der Waals surface area (Å²) in [6.07, 6.45) is 3.23. The molecule has 2 rings (SSSR count). The first-order valence-corrected chi connectivity index (χ1v) is 6.74. The van der Waals surface area contributed by atoms with Crippen molar-refractivity contribution in [1.29, 1.82) is 5.26 Å². The Balaban J connectivity index is 2.38. The van der Waals surface area contributed by atoms with Crippen LogP contribution in [0.15, 0.2) is 39.7 Å². The average molecular weight is 312 g/mol. The molecule has 0 atom stereocenters. The van der Waals surface area contributed by atoms with Crippen LogP contribution in [0.25, 0.3) is 6.08 Å². The molecule has 1 aromatic carbocycles. The molecule has 1 N–H and O–H groups in total. The summed E-state index contributed by atoms with van der Waals surface area (Å²) < 4.78 is 10.1. The smallest absolute Gasteiger partial charge is 0.359 e. The van der Waals surface area contributed by atoms with Crippen molar-refractivity contribution in [3.05, 3.63) is 52.3 Å². The number of rotatable bonds is 5. The second-order valence-corrected chi connectivity index (χ2v) is 4.81. The largest absolute Gasteiger partial charge is 0.497 e. The van der Waals surface area contributed by atoms with E-state index < -0.39 is 5.63 Å². The van der Waals surface area contributed by atoms with Crippen LogP contribution < -0.4 is 15.7 Å². The van der Waals surface area contributed by atoms with E-state index in [1.54, 1.807) is 48.6 Å².